The Labute approximate surface area is 116 Å². The van der Waals surface area contributed by atoms with E-state index >= 15 is 0 Å². The molecule has 7 nitrogen and oxygen atoms in total. The van der Waals surface area contributed by atoms with Gasteiger partial charge >= 0.3 is 0 Å². The van der Waals surface area contributed by atoms with E-state index in [0.29, 0.717) is 18.7 Å². The molecule has 0 saturated heterocycles. The van der Waals surface area contributed by atoms with Crippen LogP contribution in [-0.4, -0.2) is 38.0 Å². The third-order valence-electron chi connectivity index (χ3n) is 2.77. The molecule has 0 radical (unpaired) electrons. The van der Waals surface area contributed by atoms with Gasteiger partial charge < -0.3 is 4.90 Å². The van der Waals surface area contributed by atoms with E-state index in [1.165, 1.54) is 0 Å². The molecule has 0 fully saturated rings. The number of hydrogen-bond acceptors (Lipinski definition) is 5. The van der Waals surface area contributed by atoms with Crippen molar-refractivity contribution < 1.29 is 4.79 Å². The summed E-state index contributed by atoms with van der Waals surface area (Å²) in [5.74, 6) is -0.197. The summed E-state index contributed by atoms with van der Waals surface area (Å²) in [5, 5.41) is 21.8. The zero-order chi connectivity index (χ0) is 14.4. The molecule has 0 aliphatic rings. The molecule has 1 heterocycles. The minimum atomic E-state index is -0.259. The number of aromatic amines is 1. The number of carbonyl (C=O) groups excluding carboxylic acids is 1. The Balaban J connectivity index is 2.12. The zero-order valence-electron chi connectivity index (χ0n) is 11.1. The molecule has 1 aromatic carbocycles. The molecule has 1 amide bonds. The van der Waals surface area contributed by atoms with Gasteiger partial charge in [-0.05, 0) is 29.3 Å². The standard InChI is InChI=1S/C13H14N6O/c1-2-7-19(13(20)12-15-17-18-16-12)9-11-5-3-10(8-14)4-6-11/h3-6H,2,7,9H2,1H3,(H,15,16,17,18). The van der Waals surface area contributed by atoms with E-state index in [9.17, 15) is 4.79 Å². The molecule has 1 aromatic heterocycles. The van der Waals surface area contributed by atoms with Gasteiger partial charge in [-0.2, -0.15) is 10.5 Å². The highest BCUT2D eigenvalue weighted by Gasteiger charge is 2.19. The van der Waals surface area contributed by atoms with E-state index in [-0.39, 0.29) is 11.7 Å². The summed E-state index contributed by atoms with van der Waals surface area (Å²) < 4.78 is 0. The summed E-state index contributed by atoms with van der Waals surface area (Å²) in [5.41, 5.74) is 1.55. The molecule has 102 valence electrons. The Kier molecular flexibility index (Phi) is 4.39. The molecule has 0 bridgehead atoms. The molecule has 0 atom stereocenters. The van der Waals surface area contributed by atoms with Crippen LogP contribution in [0.3, 0.4) is 0 Å². The van der Waals surface area contributed by atoms with Crippen molar-refractivity contribution in [2.24, 2.45) is 0 Å². The van der Waals surface area contributed by atoms with Crippen LogP contribution >= 0.6 is 0 Å². The molecule has 2 rings (SSSR count). The van der Waals surface area contributed by atoms with Crippen LogP contribution in [0.4, 0.5) is 0 Å². The van der Waals surface area contributed by atoms with Crippen LogP contribution in [0, 0.1) is 11.3 Å². The Morgan fingerprint density at radius 3 is 2.70 bits per heavy atom. The van der Waals surface area contributed by atoms with Gasteiger partial charge in [0.15, 0.2) is 0 Å². The second-order valence-corrected chi connectivity index (χ2v) is 4.27. The summed E-state index contributed by atoms with van der Waals surface area (Å²) in [4.78, 5) is 13.9. The fourth-order valence-corrected chi connectivity index (χ4v) is 1.82. The lowest BCUT2D eigenvalue weighted by Gasteiger charge is -2.20. The number of nitriles is 1. The highest BCUT2D eigenvalue weighted by atomic mass is 16.2. The summed E-state index contributed by atoms with van der Waals surface area (Å²) in [7, 11) is 0. The lowest BCUT2D eigenvalue weighted by Crippen LogP contribution is -2.32. The van der Waals surface area contributed by atoms with Crippen molar-refractivity contribution in [3.8, 4) is 6.07 Å². The number of rotatable bonds is 5. The van der Waals surface area contributed by atoms with E-state index < -0.39 is 0 Å². The van der Waals surface area contributed by atoms with Crippen LogP contribution in [0.25, 0.3) is 0 Å². The van der Waals surface area contributed by atoms with E-state index in [1.54, 1.807) is 17.0 Å². The van der Waals surface area contributed by atoms with Crippen molar-refractivity contribution in [1.29, 1.82) is 5.26 Å². The Morgan fingerprint density at radius 2 is 2.15 bits per heavy atom. The number of carbonyl (C=O) groups is 1. The molecular weight excluding hydrogens is 256 g/mol. The number of tetrazole rings is 1. The summed E-state index contributed by atoms with van der Waals surface area (Å²) in [6.07, 6.45) is 0.833. The first-order chi connectivity index (χ1) is 9.74. The summed E-state index contributed by atoms with van der Waals surface area (Å²) >= 11 is 0. The number of hydrogen-bond donors (Lipinski definition) is 1. The lowest BCUT2D eigenvalue weighted by atomic mass is 10.1. The Bertz CT molecular complexity index is 599. The number of benzene rings is 1. The third-order valence-corrected chi connectivity index (χ3v) is 2.77. The smallest absolute Gasteiger partial charge is 0.295 e. The van der Waals surface area contributed by atoms with Crippen molar-refractivity contribution in [1.82, 2.24) is 25.5 Å². The third kappa shape index (κ3) is 3.17. The first-order valence-corrected chi connectivity index (χ1v) is 6.26. The predicted molar refractivity (Wildman–Crippen MR) is 70.4 cm³/mol. The molecule has 0 aliphatic heterocycles. The van der Waals surface area contributed by atoms with Gasteiger partial charge in [0.05, 0.1) is 11.6 Å². The van der Waals surface area contributed by atoms with Gasteiger partial charge in [-0.3, -0.25) is 4.79 Å². The minimum Gasteiger partial charge on any atom is -0.331 e. The van der Waals surface area contributed by atoms with E-state index in [2.05, 4.69) is 26.7 Å². The number of nitrogens with one attached hydrogen (secondary N) is 1. The Hall–Kier alpha value is -2.75. The minimum absolute atomic E-state index is 0.0621. The van der Waals surface area contributed by atoms with Crippen LogP contribution < -0.4 is 0 Å². The predicted octanol–water partition coefficient (Wildman–Crippen LogP) is 1.12. The van der Waals surface area contributed by atoms with E-state index in [4.69, 9.17) is 5.26 Å². The second-order valence-electron chi connectivity index (χ2n) is 4.27. The van der Waals surface area contributed by atoms with Crippen LogP contribution in [0.2, 0.25) is 0 Å². The Morgan fingerprint density at radius 1 is 1.40 bits per heavy atom. The first-order valence-electron chi connectivity index (χ1n) is 6.26. The van der Waals surface area contributed by atoms with Crippen LogP contribution in [0.1, 0.15) is 35.1 Å². The maximum absolute atomic E-state index is 12.2. The average Bonchev–Trinajstić information content (AvgIpc) is 3.01. The van der Waals surface area contributed by atoms with E-state index in [1.807, 2.05) is 19.1 Å². The average molecular weight is 270 g/mol. The van der Waals surface area contributed by atoms with Crippen LogP contribution in [0.15, 0.2) is 24.3 Å². The second kappa shape index (κ2) is 6.43. The van der Waals surface area contributed by atoms with Gasteiger partial charge in [0.1, 0.15) is 0 Å². The topological polar surface area (TPSA) is 98.6 Å². The van der Waals surface area contributed by atoms with Crippen molar-refractivity contribution in [3.63, 3.8) is 0 Å². The fourth-order valence-electron chi connectivity index (χ4n) is 1.82. The molecule has 0 spiro atoms. The van der Waals surface area contributed by atoms with Gasteiger partial charge in [0, 0.05) is 13.1 Å². The van der Waals surface area contributed by atoms with Gasteiger partial charge in [-0.1, -0.05) is 19.1 Å². The maximum Gasteiger partial charge on any atom is 0.295 e. The van der Waals surface area contributed by atoms with Gasteiger partial charge in [0.2, 0.25) is 0 Å². The van der Waals surface area contributed by atoms with E-state index in [0.717, 1.165) is 12.0 Å². The molecule has 0 unspecified atom stereocenters. The van der Waals surface area contributed by atoms with Crippen molar-refractivity contribution in [2.45, 2.75) is 19.9 Å². The van der Waals surface area contributed by atoms with Crippen LogP contribution in [-0.2, 0) is 6.54 Å². The van der Waals surface area contributed by atoms with Gasteiger partial charge in [0.25, 0.3) is 11.7 Å². The highest BCUT2D eigenvalue weighted by molar-refractivity contribution is 5.90. The molecule has 1 N–H and O–H groups in total. The van der Waals surface area contributed by atoms with Crippen molar-refractivity contribution in [3.05, 3.63) is 41.2 Å². The number of nitrogens with zero attached hydrogens (tertiary/aromatic N) is 5. The van der Waals surface area contributed by atoms with Crippen LogP contribution in [0.5, 0.6) is 0 Å². The molecule has 0 aliphatic carbocycles. The van der Waals surface area contributed by atoms with Crippen molar-refractivity contribution in [2.75, 3.05) is 6.54 Å². The number of aromatic nitrogens is 4. The monoisotopic (exact) mass is 270 g/mol. The highest BCUT2D eigenvalue weighted by Crippen LogP contribution is 2.09. The molecule has 0 saturated carbocycles. The maximum atomic E-state index is 12.2. The quantitative estimate of drug-likeness (QED) is 0.877. The zero-order valence-corrected chi connectivity index (χ0v) is 11.1. The van der Waals surface area contributed by atoms with Gasteiger partial charge in [-0.25, -0.2) is 0 Å². The molecule has 20 heavy (non-hydrogen) atoms. The normalized spacial score (nSPS) is 10.0. The molecular formula is C13H14N6O. The SMILES string of the molecule is CCCN(Cc1ccc(C#N)cc1)C(=O)c1nn[nH]n1. The lowest BCUT2D eigenvalue weighted by molar-refractivity contribution is 0.0731. The number of amides is 1. The fraction of sp³-hybridized carbons (Fsp3) is 0.308. The van der Waals surface area contributed by atoms with Gasteiger partial charge in [-0.15, -0.1) is 10.2 Å². The number of H-pyrrole nitrogens is 1. The van der Waals surface area contributed by atoms with Crippen molar-refractivity contribution >= 4 is 5.91 Å². The largest absolute Gasteiger partial charge is 0.331 e. The first kappa shape index (κ1) is 13.7. The summed E-state index contributed by atoms with van der Waals surface area (Å²) in [6, 6.07) is 9.21. The molecule has 7 heteroatoms. The molecule has 2 aromatic rings. The summed E-state index contributed by atoms with van der Waals surface area (Å²) in [6.45, 7) is 3.05.